The maximum atomic E-state index is 10.8. The van der Waals surface area contributed by atoms with Crippen LogP contribution in [0.25, 0.3) is 16.5 Å². The van der Waals surface area contributed by atoms with E-state index in [1.165, 1.54) is 6.07 Å². The number of hydrogen-bond donors (Lipinski definition) is 0. The molecule has 2 aromatic carbocycles. The van der Waals surface area contributed by atoms with Gasteiger partial charge in [-0.05, 0) is 24.3 Å². The third-order valence-corrected chi connectivity index (χ3v) is 3.78. The normalized spacial score (nSPS) is 10.9. The highest BCUT2D eigenvalue weighted by Crippen LogP contribution is 2.27. The van der Waals surface area contributed by atoms with Crippen molar-refractivity contribution in [2.45, 2.75) is 0 Å². The number of halogens is 2. The first-order valence-electron chi connectivity index (χ1n) is 5.76. The van der Waals surface area contributed by atoms with Gasteiger partial charge in [0.05, 0.1) is 15.0 Å². The number of nitro benzene ring substituents is 1. The Morgan fingerprint density at radius 1 is 0.950 bits per heavy atom. The molecule has 0 aliphatic heterocycles. The summed E-state index contributed by atoms with van der Waals surface area (Å²) in [4.78, 5) is 10.4. The van der Waals surface area contributed by atoms with Crippen LogP contribution < -0.4 is 0 Å². The predicted molar refractivity (Wildman–Crippen MR) is 79.9 cm³/mol. The van der Waals surface area contributed by atoms with E-state index in [9.17, 15) is 10.1 Å². The van der Waals surface area contributed by atoms with Gasteiger partial charge < -0.3 is 4.57 Å². The van der Waals surface area contributed by atoms with Crippen molar-refractivity contribution in [1.29, 1.82) is 0 Å². The molecule has 0 aliphatic carbocycles. The second kappa shape index (κ2) is 4.81. The summed E-state index contributed by atoms with van der Waals surface area (Å²) in [7, 11) is 0. The van der Waals surface area contributed by atoms with Crippen molar-refractivity contribution in [3.05, 3.63) is 69.0 Å². The predicted octanol–water partition coefficient (Wildman–Crippen LogP) is 4.85. The van der Waals surface area contributed by atoms with Crippen molar-refractivity contribution in [3.63, 3.8) is 0 Å². The Morgan fingerprint density at radius 2 is 1.70 bits per heavy atom. The summed E-state index contributed by atoms with van der Waals surface area (Å²) in [6.45, 7) is 0. The van der Waals surface area contributed by atoms with E-state index in [4.69, 9.17) is 23.2 Å². The van der Waals surface area contributed by atoms with Crippen LogP contribution in [-0.2, 0) is 0 Å². The van der Waals surface area contributed by atoms with Gasteiger partial charge in [0.15, 0.2) is 0 Å². The van der Waals surface area contributed by atoms with Crippen LogP contribution >= 0.6 is 23.2 Å². The van der Waals surface area contributed by atoms with Crippen LogP contribution in [0.15, 0.2) is 48.8 Å². The van der Waals surface area contributed by atoms with Crippen LogP contribution in [0.4, 0.5) is 5.69 Å². The highest BCUT2D eigenvalue weighted by Gasteiger charge is 2.09. The van der Waals surface area contributed by atoms with E-state index in [1.54, 1.807) is 24.3 Å². The molecule has 0 saturated heterocycles. The molecule has 0 fully saturated rings. The molecule has 4 nitrogen and oxygen atoms in total. The first-order chi connectivity index (χ1) is 9.54. The lowest BCUT2D eigenvalue weighted by atomic mass is 10.2. The van der Waals surface area contributed by atoms with Gasteiger partial charge in [0.2, 0.25) is 0 Å². The average Bonchev–Trinajstić information content (AvgIpc) is 2.84. The van der Waals surface area contributed by atoms with E-state index in [1.807, 2.05) is 23.0 Å². The van der Waals surface area contributed by atoms with Gasteiger partial charge in [-0.2, -0.15) is 0 Å². The molecule has 0 amide bonds. The van der Waals surface area contributed by atoms with Gasteiger partial charge in [-0.1, -0.05) is 23.2 Å². The number of aromatic nitrogens is 1. The Morgan fingerprint density at radius 3 is 2.40 bits per heavy atom. The largest absolute Gasteiger partial charge is 0.323 e. The molecule has 0 aliphatic rings. The zero-order valence-corrected chi connectivity index (χ0v) is 11.6. The molecular weight excluding hydrogens is 299 g/mol. The van der Waals surface area contributed by atoms with E-state index in [0.29, 0.717) is 10.0 Å². The van der Waals surface area contributed by atoms with Gasteiger partial charge in [-0.15, -0.1) is 0 Å². The number of rotatable bonds is 2. The smallest absolute Gasteiger partial charge is 0.270 e. The Kier molecular flexibility index (Phi) is 3.12. The minimum atomic E-state index is -0.407. The number of hydrogen-bond acceptors (Lipinski definition) is 2. The molecule has 0 bridgehead atoms. The van der Waals surface area contributed by atoms with E-state index in [2.05, 4.69) is 0 Å². The second-order valence-electron chi connectivity index (χ2n) is 4.33. The first kappa shape index (κ1) is 13.0. The van der Waals surface area contributed by atoms with Gasteiger partial charge in [-0.3, -0.25) is 10.1 Å². The van der Waals surface area contributed by atoms with Gasteiger partial charge in [0, 0.05) is 41.0 Å². The van der Waals surface area contributed by atoms with Crippen LogP contribution in [-0.4, -0.2) is 9.49 Å². The fraction of sp³-hybridized carbons (Fsp3) is 0. The quantitative estimate of drug-likeness (QED) is 0.502. The standard InChI is InChI=1S/C14H8Cl2N2O2/c15-13-4-3-11(6-14(13)16)17-7-9-1-2-12(18(19)20)5-10(9)8-17/h1-8H. The van der Waals surface area contributed by atoms with Crippen LogP contribution in [0.3, 0.4) is 0 Å². The maximum Gasteiger partial charge on any atom is 0.270 e. The summed E-state index contributed by atoms with van der Waals surface area (Å²) in [5, 5.41) is 13.4. The number of benzene rings is 2. The van der Waals surface area contributed by atoms with E-state index in [-0.39, 0.29) is 5.69 Å². The van der Waals surface area contributed by atoms with Crippen LogP contribution in [0.5, 0.6) is 0 Å². The molecule has 0 N–H and O–H groups in total. The van der Waals surface area contributed by atoms with Gasteiger partial charge in [0.1, 0.15) is 0 Å². The third-order valence-electron chi connectivity index (χ3n) is 3.04. The highest BCUT2D eigenvalue weighted by molar-refractivity contribution is 6.42. The van der Waals surface area contributed by atoms with Gasteiger partial charge in [0.25, 0.3) is 5.69 Å². The molecular formula is C14H8Cl2N2O2. The lowest BCUT2D eigenvalue weighted by Crippen LogP contribution is -1.88. The maximum absolute atomic E-state index is 10.8. The number of non-ortho nitro benzene ring substituents is 1. The Bertz CT molecular complexity index is 827. The Labute approximate surface area is 124 Å². The minimum absolute atomic E-state index is 0.0735. The Hall–Kier alpha value is -2.04. The van der Waals surface area contributed by atoms with E-state index >= 15 is 0 Å². The first-order valence-corrected chi connectivity index (χ1v) is 6.52. The van der Waals surface area contributed by atoms with Crippen molar-refractivity contribution in [2.24, 2.45) is 0 Å². The molecule has 6 heteroatoms. The van der Waals surface area contributed by atoms with E-state index < -0.39 is 4.92 Å². The fourth-order valence-electron chi connectivity index (χ4n) is 2.04. The van der Waals surface area contributed by atoms with Crippen molar-refractivity contribution in [2.75, 3.05) is 0 Å². The monoisotopic (exact) mass is 306 g/mol. The summed E-state index contributed by atoms with van der Waals surface area (Å²) in [6, 6.07) is 10.1. The molecule has 0 unspecified atom stereocenters. The Balaban J connectivity index is 2.12. The van der Waals surface area contributed by atoms with E-state index in [0.717, 1.165) is 16.5 Å². The zero-order valence-electron chi connectivity index (χ0n) is 10.1. The molecule has 1 heterocycles. The number of fused-ring (bicyclic) bond motifs is 1. The SMILES string of the molecule is O=[N+]([O-])c1ccc2cn(-c3ccc(Cl)c(Cl)c3)cc2c1. The average molecular weight is 307 g/mol. The van der Waals surface area contributed by atoms with Crippen molar-refractivity contribution >= 4 is 39.7 Å². The molecule has 3 rings (SSSR count). The molecule has 0 radical (unpaired) electrons. The number of nitro groups is 1. The zero-order chi connectivity index (χ0) is 14.3. The van der Waals surface area contributed by atoms with Crippen molar-refractivity contribution in [3.8, 4) is 5.69 Å². The van der Waals surface area contributed by atoms with Gasteiger partial charge in [-0.25, -0.2) is 0 Å². The van der Waals surface area contributed by atoms with Crippen LogP contribution in [0.1, 0.15) is 0 Å². The van der Waals surface area contributed by atoms with Crippen LogP contribution in [0.2, 0.25) is 10.0 Å². The van der Waals surface area contributed by atoms with Crippen LogP contribution in [0, 0.1) is 10.1 Å². The molecule has 0 saturated carbocycles. The lowest BCUT2D eigenvalue weighted by Gasteiger charge is -2.03. The highest BCUT2D eigenvalue weighted by atomic mass is 35.5. The molecule has 100 valence electrons. The summed E-state index contributed by atoms with van der Waals surface area (Å²) >= 11 is 11.9. The molecule has 0 atom stereocenters. The third kappa shape index (κ3) is 2.24. The molecule has 1 aromatic heterocycles. The molecule has 0 spiro atoms. The summed E-state index contributed by atoms with van der Waals surface area (Å²) in [5.74, 6) is 0. The second-order valence-corrected chi connectivity index (χ2v) is 5.15. The number of nitrogens with zero attached hydrogens (tertiary/aromatic N) is 2. The molecule has 20 heavy (non-hydrogen) atoms. The summed E-state index contributed by atoms with van der Waals surface area (Å²) in [5.41, 5.74) is 0.919. The lowest BCUT2D eigenvalue weighted by molar-refractivity contribution is -0.384. The van der Waals surface area contributed by atoms with Gasteiger partial charge >= 0.3 is 0 Å². The van der Waals surface area contributed by atoms with Crippen molar-refractivity contribution < 1.29 is 4.92 Å². The summed E-state index contributed by atoms with van der Waals surface area (Å²) < 4.78 is 1.86. The fourth-order valence-corrected chi connectivity index (χ4v) is 2.33. The minimum Gasteiger partial charge on any atom is -0.323 e. The van der Waals surface area contributed by atoms with Crippen molar-refractivity contribution in [1.82, 2.24) is 4.57 Å². The topological polar surface area (TPSA) is 48.1 Å². The summed E-state index contributed by atoms with van der Waals surface area (Å²) in [6.07, 6.45) is 3.71. The molecule has 3 aromatic rings.